The predicted octanol–water partition coefficient (Wildman–Crippen LogP) is 8.40. The first-order valence-corrected chi connectivity index (χ1v) is 15.4. The number of ether oxygens (including phenoxy) is 1. The van der Waals surface area contributed by atoms with Gasteiger partial charge in [0.15, 0.2) is 0 Å². The SMILES string of the molecule is C1=CCCC(C2N=C(c3ccccc3)NC(c3cccc4c3C3(c5ccccc5O4)c4ccccc4-c4ccccc43)N2)=C1. The van der Waals surface area contributed by atoms with Gasteiger partial charge in [0.25, 0.3) is 0 Å². The molecule has 4 heteroatoms. The smallest absolute Gasteiger partial charge is 0.132 e. The number of benzene rings is 5. The van der Waals surface area contributed by atoms with E-state index in [1.165, 1.54) is 39.0 Å². The molecule has 0 bridgehead atoms. The van der Waals surface area contributed by atoms with Crippen molar-refractivity contribution in [3.63, 3.8) is 0 Å². The van der Waals surface area contributed by atoms with Gasteiger partial charge in [0.1, 0.15) is 29.7 Å². The number of nitrogens with one attached hydrogen (secondary N) is 2. The van der Waals surface area contributed by atoms with Crippen LogP contribution in [0.3, 0.4) is 0 Å². The van der Waals surface area contributed by atoms with Crippen molar-refractivity contribution in [3.05, 3.63) is 179 Å². The molecule has 0 saturated carbocycles. The number of rotatable bonds is 3. The predicted molar refractivity (Wildman–Crippen MR) is 176 cm³/mol. The molecular weight excluding hydrogens is 538 g/mol. The molecule has 5 aromatic carbocycles. The van der Waals surface area contributed by atoms with Gasteiger partial charge >= 0.3 is 0 Å². The Labute approximate surface area is 257 Å². The molecule has 44 heavy (non-hydrogen) atoms. The van der Waals surface area contributed by atoms with Gasteiger partial charge in [-0.15, -0.1) is 0 Å². The second-order valence-electron chi connectivity index (χ2n) is 11.9. The summed E-state index contributed by atoms with van der Waals surface area (Å²) in [4.78, 5) is 5.22. The molecule has 5 aromatic rings. The Morgan fingerprint density at radius 1 is 0.682 bits per heavy atom. The second kappa shape index (κ2) is 9.94. The van der Waals surface area contributed by atoms with Crippen LogP contribution < -0.4 is 15.4 Å². The van der Waals surface area contributed by atoms with Crippen molar-refractivity contribution in [3.8, 4) is 22.6 Å². The Hall–Kier alpha value is -5.19. The van der Waals surface area contributed by atoms with Crippen molar-refractivity contribution in [2.75, 3.05) is 0 Å². The molecule has 4 nitrogen and oxygen atoms in total. The molecule has 0 saturated heterocycles. The molecule has 2 aliphatic heterocycles. The van der Waals surface area contributed by atoms with E-state index in [4.69, 9.17) is 9.73 Å². The minimum Gasteiger partial charge on any atom is -0.457 e. The number of nitrogens with zero attached hydrogens (tertiary/aromatic N) is 1. The van der Waals surface area contributed by atoms with Crippen molar-refractivity contribution in [1.29, 1.82) is 0 Å². The van der Waals surface area contributed by atoms with Crippen molar-refractivity contribution < 1.29 is 4.74 Å². The lowest BCUT2D eigenvalue weighted by atomic mass is 9.64. The van der Waals surface area contributed by atoms with Gasteiger partial charge in [0, 0.05) is 16.7 Å². The van der Waals surface area contributed by atoms with Crippen LogP contribution in [-0.2, 0) is 5.41 Å². The quantitative estimate of drug-likeness (QED) is 0.225. The van der Waals surface area contributed by atoms with E-state index in [1.807, 2.05) is 0 Å². The zero-order chi connectivity index (χ0) is 29.1. The third-order valence-electron chi connectivity index (χ3n) is 9.52. The van der Waals surface area contributed by atoms with E-state index in [0.29, 0.717) is 0 Å². The van der Waals surface area contributed by atoms with Gasteiger partial charge in [0.05, 0.1) is 5.41 Å². The average Bonchev–Trinajstić information content (AvgIpc) is 3.39. The van der Waals surface area contributed by atoms with Crippen LogP contribution in [0.2, 0.25) is 0 Å². The molecule has 0 fully saturated rings. The Bertz CT molecular complexity index is 1980. The van der Waals surface area contributed by atoms with Crippen LogP contribution in [0, 0.1) is 0 Å². The van der Waals surface area contributed by atoms with E-state index < -0.39 is 5.41 Å². The molecule has 2 unspecified atom stereocenters. The third kappa shape index (κ3) is 3.64. The highest BCUT2D eigenvalue weighted by molar-refractivity contribution is 5.99. The minimum absolute atomic E-state index is 0.145. The van der Waals surface area contributed by atoms with E-state index >= 15 is 0 Å². The highest BCUT2D eigenvalue weighted by Gasteiger charge is 2.52. The normalized spacial score (nSPS) is 20.3. The summed E-state index contributed by atoms with van der Waals surface area (Å²) in [6.45, 7) is 0. The van der Waals surface area contributed by atoms with Gasteiger partial charge in [-0.05, 0) is 58.4 Å². The first-order valence-electron chi connectivity index (χ1n) is 15.4. The zero-order valence-corrected chi connectivity index (χ0v) is 24.2. The Morgan fingerprint density at radius 2 is 1.36 bits per heavy atom. The number of allylic oxidation sites excluding steroid dienone is 3. The first kappa shape index (κ1) is 25.3. The Morgan fingerprint density at radius 3 is 2.11 bits per heavy atom. The highest BCUT2D eigenvalue weighted by atomic mass is 16.5. The summed E-state index contributed by atoms with van der Waals surface area (Å²) in [5.74, 6) is 2.68. The van der Waals surface area contributed by atoms with Gasteiger partial charge in [-0.2, -0.15) is 0 Å². The van der Waals surface area contributed by atoms with Gasteiger partial charge in [-0.1, -0.05) is 127 Å². The lowest BCUT2D eigenvalue weighted by Crippen LogP contribution is -2.50. The maximum atomic E-state index is 6.77. The van der Waals surface area contributed by atoms with Crippen molar-refractivity contribution in [2.45, 2.75) is 30.6 Å². The van der Waals surface area contributed by atoms with Crippen LogP contribution in [0.15, 0.2) is 150 Å². The maximum absolute atomic E-state index is 6.77. The summed E-state index contributed by atoms with van der Waals surface area (Å²) < 4.78 is 6.77. The number of amidine groups is 1. The van der Waals surface area contributed by atoms with E-state index in [0.717, 1.165) is 41.3 Å². The second-order valence-corrected chi connectivity index (χ2v) is 11.9. The highest BCUT2D eigenvalue weighted by Crippen LogP contribution is 2.63. The van der Waals surface area contributed by atoms with E-state index in [-0.39, 0.29) is 12.3 Å². The van der Waals surface area contributed by atoms with Crippen molar-refractivity contribution in [1.82, 2.24) is 10.6 Å². The number of hydrogen-bond acceptors (Lipinski definition) is 4. The standard InChI is InChI=1S/C40H31N3O/c1-3-14-26(15-4-1)37-41-38(27-16-5-2-6-17-27)43-39(42-37)30-20-13-25-35-36(30)40(33-23-11-12-24-34(33)44-35)31-21-9-7-18-28(31)29-19-8-10-22-32(29)40/h1-5,7-16,18-25,38-39,43H,6,17H2,(H,41,42). The van der Waals surface area contributed by atoms with Crippen LogP contribution in [0.1, 0.15) is 52.4 Å². The Balaban J connectivity index is 1.30. The zero-order valence-electron chi connectivity index (χ0n) is 24.2. The summed E-state index contributed by atoms with van der Waals surface area (Å²) in [5.41, 5.74) is 10.4. The van der Waals surface area contributed by atoms with Crippen molar-refractivity contribution >= 4 is 5.84 Å². The average molecular weight is 570 g/mol. The molecule has 2 heterocycles. The molecule has 0 aromatic heterocycles. The summed E-state index contributed by atoms with van der Waals surface area (Å²) in [6.07, 6.45) is 8.27. The van der Waals surface area contributed by atoms with Gasteiger partial charge in [-0.25, -0.2) is 4.99 Å². The van der Waals surface area contributed by atoms with Crippen LogP contribution >= 0.6 is 0 Å². The molecular formula is C40H31N3O. The molecule has 212 valence electrons. The van der Waals surface area contributed by atoms with Crippen molar-refractivity contribution in [2.24, 2.45) is 4.99 Å². The number of hydrogen-bond donors (Lipinski definition) is 2. The van der Waals surface area contributed by atoms with Gasteiger partial charge < -0.3 is 10.1 Å². The number of para-hydroxylation sites is 1. The summed E-state index contributed by atoms with van der Waals surface area (Å²) >= 11 is 0. The Kier molecular flexibility index (Phi) is 5.72. The summed E-state index contributed by atoms with van der Waals surface area (Å²) in [7, 11) is 0. The fourth-order valence-electron chi connectivity index (χ4n) is 7.69. The van der Waals surface area contributed by atoms with E-state index in [2.05, 4.69) is 150 Å². The molecule has 2 N–H and O–H groups in total. The van der Waals surface area contributed by atoms with Crippen LogP contribution in [0.4, 0.5) is 0 Å². The molecule has 4 aliphatic rings. The monoisotopic (exact) mass is 569 g/mol. The van der Waals surface area contributed by atoms with Gasteiger partial charge in [-0.3, -0.25) is 5.32 Å². The maximum Gasteiger partial charge on any atom is 0.132 e. The van der Waals surface area contributed by atoms with Crippen LogP contribution in [-0.4, -0.2) is 12.0 Å². The number of fused-ring (bicyclic) bond motifs is 9. The molecule has 2 aliphatic carbocycles. The van der Waals surface area contributed by atoms with Crippen LogP contribution in [0.5, 0.6) is 11.5 Å². The molecule has 9 rings (SSSR count). The summed E-state index contributed by atoms with van der Waals surface area (Å²) in [6, 6.07) is 43.3. The fraction of sp³-hybridized carbons (Fsp3) is 0.125. The lowest BCUT2D eigenvalue weighted by Gasteiger charge is -2.43. The first-order chi connectivity index (χ1) is 21.8. The minimum atomic E-state index is -0.541. The van der Waals surface area contributed by atoms with Gasteiger partial charge in [0.2, 0.25) is 0 Å². The number of aliphatic imine (C=N–C) groups is 1. The molecule has 1 spiro atoms. The van der Waals surface area contributed by atoms with E-state index in [9.17, 15) is 0 Å². The van der Waals surface area contributed by atoms with Crippen LogP contribution in [0.25, 0.3) is 11.1 Å². The lowest BCUT2D eigenvalue weighted by molar-refractivity contribution is 0.403. The van der Waals surface area contributed by atoms with E-state index in [1.54, 1.807) is 0 Å². The fourth-order valence-corrected chi connectivity index (χ4v) is 7.69. The summed E-state index contributed by atoms with van der Waals surface area (Å²) in [5, 5.41) is 7.73. The molecule has 0 radical (unpaired) electrons. The third-order valence-corrected chi connectivity index (χ3v) is 9.52. The molecule has 0 amide bonds. The molecule has 2 atom stereocenters. The largest absolute Gasteiger partial charge is 0.457 e. The topological polar surface area (TPSA) is 45.7 Å².